The van der Waals surface area contributed by atoms with E-state index >= 15 is 0 Å². The molecule has 1 atom stereocenters. The Kier molecular flexibility index (Phi) is 7.43. The third-order valence-corrected chi connectivity index (χ3v) is 7.56. The highest BCUT2D eigenvalue weighted by molar-refractivity contribution is 6.42. The van der Waals surface area contributed by atoms with Crippen LogP contribution in [0.25, 0.3) is 10.8 Å². The van der Waals surface area contributed by atoms with Gasteiger partial charge < -0.3 is 15.1 Å². The average molecular weight is 550 g/mol. The van der Waals surface area contributed by atoms with Crippen LogP contribution < -0.4 is 5.32 Å². The van der Waals surface area contributed by atoms with Gasteiger partial charge >= 0.3 is 6.03 Å². The second-order valence-electron chi connectivity index (χ2n) is 9.18. The number of halogens is 2. The van der Waals surface area contributed by atoms with E-state index in [1.807, 2.05) is 42.5 Å². The van der Waals surface area contributed by atoms with Crippen molar-refractivity contribution in [1.29, 1.82) is 0 Å². The molecule has 3 aromatic carbocycles. The normalized spacial score (nSPS) is 17.4. The van der Waals surface area contributed by atoms with Crippen LogP contribution in [0.3, 0.4) is 0 Å². The van der Waals surface area contributed by atoms with E-state index in [0.29, 0.717) is 16.6 Å². The van der Waals surface area contributed by atoms with Crippen LogP contribution in [-0.2, 0) is 22.7 Å². The molecule has 1 N–H and O–H groups in total. The fourth-order valence-electron chi connectivity index (χ4n) is 4.91. The maximum Gasteiger partial charge on any atom is 0.333 e. The molecule has 2 aliphatic heterocycles. The van der Waals surface area contributed by atoms with Crippen molar-refractivity contribution in [3.05, 3.63) is 81.8 Å². The maximum atomic E-state index is 13.2. The number of carbonyl (C=O) groups is 3. The molecule has 2 heterocycles. The third-order valence-electron chi connectivity index (χ3n) is 6.82. The molecule has 0 spiro atoms. The Balaban J connectivity index is 1.33. The van der Waals surface area contributed by atoms with Gasteiger partial charge in [-0.05, 0) is 34.0 Å². The molecule has 2 aliphatic rings. The average Bonchev–Trinajstić information content (AvgIpc) is 3.22. The predicted octanol–water partition coefficient (Wildman–Crippen LogP) is 3.72. The molecular formula is C28H25Cl2N5O3. The molecule has 0 aliphatic carbocycles. The van der Waals surface area contributed by atoms with Crippen molar-refractivity contribution in [1.82, 2.24) is 25.1 Å². The summed E-state index contributed by atoms with van der Waals surface area (Å²) in [5.74, 6) is 2.13. The standard InChI is InChI=1S/C28H25Cl2N5O3/c1-2-12-34(28(38)31-14-19-10-11-23(29)24(30)13-19)35-18-27(37)33-17-26(36)32(16-25(33)35)15-21-8-5-7-20-6-3-4-9-22(20)21/h1,3-11,13,25H,12,14-18H2,(H,31,38)/t25-/m0/s1. The number of hydrogen-bond donors (Lipinski definition) is 1. The van der Waals surface area contributed by atoms with E-state index in [4.69, 9.17) is 29.6 Å². The van der Waals surface area contributed by atoms with Crippen LogP contribution >= 0.6 is 23.2 Å². The van der Waals surface area contributed by atoms with Gasteiger partial charge in [0, 0.05) is 13.1 Å². The summed E-state index contributed by atoms with van der Waals surface area (Å²) in [6.07, 6.45) is 5.08. The largest absolute Gasteiger partial charge is 0.333 e. The zero-order chi connectivity index (χ0) is 26.8. The molecule has 0 bridgehead atoms. The van der Waals surface area contributed by atoms with Gasteiger partial charge in [-0.1, -0.05) is 77.7 Å². The second-order valence-corrected chi connectivity index (χ2v) is 10.00. The van der Waals surface area contributed by atoms with Crippen molar-refractivity contribution in [3.63, 3.8) is 0 Å². The van der Waals surface area contributed by atoms with Gasteiger partial charge in [-0.25, -0.2) is 9.80 Å². The van der Waals surface area contributed by atoms with Crippen LogP contribution in [0.4, 0.5) is 4.79 Å². The number of fused-ring (bicyclic) bond motifs is 2. The predicted molar refractivity (Wildman–Crippen MR) is 146 cm³/mol. The van der Waals surface area contributed by atoms with E-state index in [0.717, 1.165) is 21.9 Å². The van der Waals surface area contributed by atoms with E-state index < -0.39 is 12.2 Å². The number of hydrogen-bond acceptors (Lipinski definition) is 4. The van der Waals surface area contributed by atoms with Crippen molar-refractivity contribution in [2.45, 2.75) is 19.3 Å². The molecule has 4 amide bonds. The molecule has 0 aromatic heterocycles. The van der Waals surface area contributed by atoms with Gasteiger partial charge in [-0.3, -0.25) is 9.59 Å². The quantitative estimate of drug-likeness (QED) is 0.475. The first-order valence-corrected chi connectivity index (χ1v) is 12.8. The SMILES string of the molecule is C#CCN(C(=O)NCc1ccc(Cl)c(Cl)c1)N1CC(=O)N2CC(=O)N(Cc3cccc4ccccc34)C[C@@H]21. The van der Waals surface area contributed by atoms with Gasteiger partial charge in [-0.2, -0.15) is 5.01 Å². The van der Waals surface area contributed by atoms with E-state index in [9.17, 15) is 14.4 Å². The molecule has 0 saturated carbocycles. The topological polar surface area (TPSA) is 76.2 Å². The first-order valence-electron chi connectivity index (χ1n) is 12.1. The molecular weight excluding hydrogens is 525 g/mol. The molecule has 194 valence electrons. The Morgan fingerprint density at radius 3 is 2.61 bits per heavy atom. The van der Waals surface area contributed by atoms with E-state index in [1.165, 1.54) is 9.91 Å². The van der Waals surface area contributed by atoms with Crippen LogP contribution in [0.15, 0.2) is 60.7 Å². The number of rotatable bonds is 6. The lowest BCUT2D eigenvalue weighted by molar-refractivity contribution is -0.149. The molecule has 0 unspecified atom stereocenters. The monoisotopic (exact) mass is 549 g/mol. The summed E-state index contributed by atoms with van der Waals surface area (Å²) >= 11 is 12.1. The zero-order valence-electron chi connectivity index (χ0n) is 20.4. The number of amides is 4. The summed E-state index contributed by atoms with van der Waals surface area (Å²) in [4.78, 5) is 42.4. The molecule has 5 rings (SSSR count). The van der Waals surface area contributed by atoms with Gasteiger partial charge in [0.15, 0.2) is 0 Å². The highest BCUT2D eigenvalue weighted by atomic mass is 35.5. The number of terminal acetylenes is 1. The number of carbonyl (C=O) groups excluding carboxylic acids is 3. The van der Waals surface area contributed by atoms with Crippen molar-refractivity contribution < 1.29 is 14.4 Å². The van der Waals surface area contributed by atoms with Crippen molar-refractivity contribution >= 4 is 51.8 Å². The number of benzene rings is 3. The van der Waals surface area contributed by atoms with Crippen LogP contribution in [0, 0.1) is 12.3 Å². The molecule has 2 saturated heterocycles. The van der Waals surface area contributed by atoms with Crippen molar-refractivity contribution in [2.75, 3.05) is 26.2 Å². The zero-order valence-corrected chi connectivity index (χ0v) is 22.0. The van der Waals surface area contributed by atoms with Crippen LogP contribution in [0.5, 0.6) is 0 Å². The molecule has 10 heteroatoms. The van der Waals surface area contributed by atoms with Crippen LogP contribution in [-0.4, -0.2) is 70.0 Å². The number of nitrogens with zero attached hydrogens (tertiary/aromatic N) is 4. The number of hydrazine groups is 1. The minimum absolute atomic E-state index is 0.0396. The van der Waals surface area contributed by atoms with E-state index in [2.05, 4.69) is 11.2 Å². The van der Waals surface area contributed by atoms with Gasteiger partial charge in [0.1, 0.15) is 12.7 Å². The Labute approximate surface area is 230 Å². The molecule has 0 radical (unpaired) electrons. The number of urea groups is 1. The van der Waals surface area contributed by atoms with Gasteiger partial charge in [-0.15, -0.1) is 6.42 Å². The maximum absolute atomic E-state index is 13.2. The highest BCUT2D eigenvalue weighted by Crippen LogP contribution is 2.27. The lowest BCUT2D eigenvalue weighted by Crippen LogP contribution is -2.62. The summed E-state index contributed by atoms with van der Waals surface area (Å²) in [6.45, 7) is 0.683. The molecule has 2 fully saturated rings. The fraction of sp³-hybridized carbons (Fsp3) is 0.250. The molecule has 38 heavy (non-hydrogen) atoms. The highest BCUT2D eigenvalue weighted by Gasteiger charge is 2.47. The van der Waals surface area contributed by atoms with Crippen LogP contribution in [0.2, 0.25) is 10.0 Å². The number of piperazine rings is 1. The summed E-state index contributed by atoms with van der Waals surface area (Å²) in [5, 5.41) is 8.81. The summed E-state index contributed by atoms with van der Waals surface area (Å²) in [5.41, 5.74) is 1.78. The van der Waals surface area contributed by atoms with Crippen LogP contribution in [0.1, 0.15) is 11.1 Å². The molecule has 8 nitrogen and oxygen atoms in total. The smallest absolute Gasteiger partial charge is 0.333 e. The van der Waals surface area contributed by atoms with Gasteiger partial charge in [0.2, 0.25) is 11.8 Å². The lowest BCUT2D eigenvalue weighted by atomic mass is 10.0. The minimum atomic E-state index is -0.515. The van der Waals surface area contributed by atoms with Crippen molar-refractivity contribution in [2.24, 2.45) is 0 Å². The first kappa shape index (κ1) is 25.9. The number of nitrogens with one attached hydrogen (secondary N) is 1. The van der Waals surface area contributed by atoms with Gasteiger partial charge in [0.05, 0.1) is 29.7 Å². The Hall–Kier alpha value is -3.77. The summed E-state index contributed by atoms with van der Waals surface area (Å²) in [6, 6.07) is 18.7. The van der Waals surface area contributed by atoms with Gasteiger partial charge in [0.25, 0.3) is 0 Å². The summed E-state index contributed by atoms with van der Waals surface area (Å²) < 4.78 is 0. The Bertz CT molecular complexity index is 1450. The van der Waals surface area contributed by atoms with E-state index in [1.54, 1.807) is 28.1 Å². The fourth-order valence-corrected chi connectivity index (χ4v) is 5.23. The van der Waals surface area contributed by atoms with Crippen molar-refractivity contribution in [3.8, 4) is 12.3 Å². The Morgan fingerprint density at radius 1 is 1.03 bits per heavy atom. The minimum Gasteiger partial charge on any atom is -0.333 e. The first-order chi connectivity index (χ1) is 18.4. The second kappa shape index (κ2) is 10.9. The Morgan fingerprint density at radius 2 is 1.82 bits per heavy atom. The van der Waals surface area contributed by atoms with E-state index in [-0.39, 0.29) is 44.5 Å². The lowest BCUT2D eigenvalue weighted by Gasteiger charge is -2.42. The molecule has 3 aromatic rings. The summed E-state index contributed by atoms with van der Waals surface area (Å²) in [7, 11) is 0. The third kappa shape index (κ3) is 5.14.